The molecule has 1 aliphatic rings. The van der Waals surface area contributed by atoms with Gasteiger partial charge in [-0.2, -0.15) is 79.2 Å². The topological polar surface area (TPSA) is 0 Å². The van der Waals surface area contributed by atoms with Gasteiger partial charge in [0, 0.05) is 42.1 Å². The first-order chi connectivity index (χ1) is 10.0. The second kappa shape index (κ2) is 20.3. The van der Waals surface area contributed by atoms with E-state index in [0.717, 1.165) is 6.42 Å². The summed E-state index contributed by atoms with van der Waals surface area (Å²) in [6, 6.07) is 25.0. The van der Waals surface area contributed by atoms with Gasteiger partial charge in [-0.1, -0.05) is 25.0 Å². The van der Waals surface area contributed by atoms with Gasteiger partial charge in [0.1, 0.15) is 0 Å². The van der Waals surface area contributed by atoms with E-state index in [1.165, 1.54) is 19.3 Å². The van der Waals surface area contributed by atoms with Crippen LogP contribution in [0.15, 0.2) is 78.9 Å². The number of rotatable bonds is 0. The van der Waals surface area contributed by atoms with E-state index in [4.69, 9.17) is 0 Å². The fourth-order valence-corrected chi connectivity index (χ4v) is 1.47. The summed E-state index contributed by atoms with van der Waals surface area (Å²) in [7, 11) is 0. The molecule has 0 fully saturated rings. The van der Waals surface area contributed by atoms with Gasteiger partial charge in [0.2, 0.25) is 0 Å². The second-order valence-corrected chi connectivity index (χ2v) is 4.15. The molecule has 0 N–H and O–H groups in total. The Morgan fingerprint density at radius 2 is 1.05 bits per heavy atom. The fraction of sp³-hybridized carbons (Fsp3) is 0.200. The molecule has 0 saturated heterocycles. The SMILES string of the molecule is [C-]1=CCCC=CCC1.[Pt].[Pt].[c-]1ccccc1.[c-]1ccccc1. The Morgan fingerprint density at radius 3 is 1.45 bits per heavy atom. The third kappa shape index (κ3) is 17.3. The minimum Gasteiger partial charge on any atom is -0.500 e. The third-order valence-corrected chi connectivity index (χ3v) is 2.46. The molecule has 124 valence electrons. The standard InChI is InChI=1S/C8H11.2C6H5.2Pt/c1-2-4-6-8-7-5-3-1;2*1-2-4-6-5-3-1;;/h1-2,7H,3-6H2;2*1-5H;;/q3*-1;;. The average Bonchev–Trinajstić information content (AvgIpc) is 2.51. The van der Waals surface area contributed by atoms with Crippen LogP contribution < -0.4 is 0 Å². The van der Waals surface area contributed by atoms with Crippen molar-refractivity contribution in [2.24, 2.45) is 0 Å². The maximum atomic E-state index is 3.21. The summed E-state index contributed by atoms with van der Waals surface area (Å²) in [5.74, 6) is 0. The number of hydrogen-bond donors (Lipinski definition) is 0. The van der Waals surface area contributed by atoms with Crippen molar-refractivity contribution >= 4 is 0 Å². The van der Waals surface area contributed by atoms with Crippen LogP contribution in [0.4, 0.5) is 0 Å². The van der Waals surface area contributed by atoms with Crippen LogP contribution in [0.5, 0.6) is 0 Å². The van der Waals surface area contributed by atoms with Gasteiger partial charge < -0.3 is 6.08 Å². The zero-order valence-corrected chi connectivity index (χ0v) is 17.0. The van der Waals surface area contributed by atoms with Gasteiger partial charge in [0.05, 0.1) is 0 Å². The molecule has 0 atom stereocenters. The summed E-state index contributed by atoms with van der Waals surface area (Å²) in [4.78, 5) is 0. The first-order valence-electron chi connectivity index (χ1n) is 7.02. The number of hydrogen-bond acceptors (Lipinski definition) is 0. The molecule has 2 heteroatoms. The molecule has 0 bridgehead atoms. The summed E-state index contributed by atoms with van der Waals surface area (Å²) < 4.78 is 0. The first-order valence-corrected chi connectivity index (χ1v) is 7.02. The van der Waals surface area contributed by atoms with Crippen LogP contribution in [0.1, 0.15) is 25.7 Å². The third-order valence-electron chi connectivity index (χ3n) is 2.46. The molecular weight excluding hydrogens is 630 g/mol. The Balaban J connectivity index is 0. The Kier molecular flexibility index (Phi) is 21.7. The van der Waals surface area contributed by atoms with E-state index in [-0.39, 0.29) is 42.1 Å². The van der Waals surface area contributed by atoms with Crippen LogP contribution in [-0.4, -0.2) is 0 Å². The molecule has 22 heavy (non-hydrogen) atoms. The largest absolute Gasteiger partial charge is 0.500 e. The molecular formula is C20H21Pt2-3. The number of allylic oxidation sites excluding steroid dienone is 4. The van der Waals surface area contributed by atoms with Crippen LogP contribution in [0.25, 0.3) is 0 Å². The van der Waals surface area contributed by atoms with Crippen molar-refractivity contribution in [2.45, 2.75) is 25.7 Å². The molecule has 2 aromatic rings. The summed E-state index contributed by atoms with van der Waals surface area (Å²) >= 11 is 0. The van der Waals surface area contributed by atoms with Crippen molar-refractivity contribution in [1.82, 2.24) is 0 Å². The minimum absolute atomic E-state index is 0. The number of benzene rings is 2. The molecule has 2 aromatic carbocycles. The van der Waals surface area contributed by atoms with Gasteiger partial charge in [-0.15, -0.1) is 0 Å². The monoisotopic (exact) mass is 651 g/mol. The van der Waals surface area contributed by atoms with Crippen molar-refractivity contribution in [1.29, 1.82) is 0 Å². The summed E-state index contributed by atoms with van der Waals surface area (Å²) in [5, 5.41) is 0. The molecule has 0 spiro atoms. The van der Waals surface area contributed by atoms with E-state index in [2.05, 4.69) is 36.4 Å². The quantitative estimate of drug-likeness (QED) is 0.263. The summed E-state index contributed by atoms with van der Waals surface area (Å²) in [6.07, 6.45) is 14.5. The first kappa shape index (κ1) is 23.6. The van der Waals surface area contributed by atoms with Crippen LogP contribution in [-0.2, 0) is 42.1 Å². The summed E-state index contributed by atoms with van der Waals surface area (Å²) in [6.45, 7) is 0. The predicted molar refractivity (Wildman–Crippen MR) is 86.0 cm³/mol. The van der Waals surface area contributed by atoms with E-state index in [1.807, 2.05) is 60.7 Å². The van der Waals surface area contributed by atoms with Crippen molar-refractivity contribution in [3.63, 3.8) is 0 Å². The Bertz CT molecular complexity index is 339. The van der Waals surface area contributed by atoms with Crippen LogP contribution in [0.2, 0.25) is 0 Å². The molecule has 0 heterocycles. The van der Waals surface area contributed by atoms with E-state index >= 15 is 0 Å². The molecule has 1 aliphatic carbocycles. The van der Waals surface area contributed by atoms with Crippen molar-refractivity contribution in [3.05, 3.63) is 97.1 Å². The molecule has 3 rings (SSSR count). The zero-order valence-electron chi connectivity index (χ0n) is 12.5. The van der Waals surface area contributed by atoms with E-state index in [1.54, 1.807) is 0 Å². The van der Waals surface area contributed by atoms with Crippen LogP contribution in [0.3, 0.4) is 0 Å². The maximum absolute atomic E-state index is 3.21. The molecule has 0 nitrogen and oxygen atoms in total. The molecule has 0 unspecified atom stereocenters. The molecule has 0 amide bonds. The van der Waals surface area contributed by atoms with Gasteiger partial charge in [-0.25, -0.2) is 0 Å². The van der Waals surface area contributed by atoms with E-state index < -0.39 is 0 Å². The Labute approximate surface area is 164 Å². The van der Waals surface area contributed by atoms with Gasteiger partial charge in [0.15, 0.2) is 0 Å². The van der Waals surface area contributed by atoms with Crippen molar-refractivity contribution in [2.75, 3.05) is 0 Å². The fourth-order valence-electron chi connectivity index (χ4n) is 1.47. The summed E-state index contributed by atoms with van der Waals surface area (Å²) in [5.41, 5.74) is 0. The Hall–Kier alpha value is -0.703. The van der Waals surface area contributed by atoms with Gasteiger partial charge in [-0.3, -0.25) is 6.08 Å². The van der Waals surface area contributed by atoms with E-state index in [0.29, 0.717) is 0 Å². The van der Waals surface area contributed by atoms with Crippen LogP contribution >= 0.6 is 0 Å². The molecule has 0 aromatic heterocycles. The zero-order chi connectivity index (χ0) is 14.1. The average molecular weight is 652 g/mol. The minimum atomic E-state index is 0. The smallest absolute Gasteiger partial charge is 0 e. The molecule has 0 radical (unpaired) electrons. The molecule has 0 saturated carbocycles. The van der Waals surface area contributed by atoms with Gasteiger partial charge in [0.25, 0.3) is 0 Å². The predicted octanol–water partition coefficient (Wildman–Crippen LogP) is 5.44. The van der Waals surface area contributed by atoms with Crippen molar-refractivity contribution in [3.8, 4) is 0 Å². The maximum Gasteiger partial charge on any atom is 0 e. The van der Waals surface area contributed by atoms with Gasteiger partial charge in [-0.05, 0) is 6.42 Å². The normalized spacial score (nSPS) is 11.6. The van der Waals surface area contributed by atoms with Crippen LogP contribution in [0, 0.1) is 18.2 Å². The Morgan fingerprint density at radius 1 is 0.545 bits per heavy atom. The van der Waals surface area contributed by atoms with Gasteiger partial charge >= 0.3 is 0 Å². The van der Waals surface area contributed by atoms with E-state index in [9.17, 15) is 0 Å². The van der Waals surface area contributed by atoms with Crippen molar-refractivity contribution < 1.29 is 42.1 Å². The second-order valence-electron chi connectivity index (χ2n) is 4.15. The molecule has 0 aliphatic heterocycles.